The molecule has 0 unspecified atom stereocenters. The van der Waals surface area contributed by atoms with Crippen molar-refractivity contribution in [2.24, 2.45) is 0 Å². The molecule has 1 aliphatic rings. The number of ether oxygens (including phenoxy) is 11. The van der Waals surface area contributed by atoms with E-state index in [2.05, 4.69) is 24.2 Å². The Morgan fingerprint density at radius 1 is 0.436 bits per heavy atom. The third-order valence-corrected chi connectivity index (χ3v) is 14.5. The molecule has 0 aliphatic heterocycles. The SMILES string of the molecule is CCCCCCCCCCOc1cc(COc2cc(OCc3cc(OCCCCCCCCCC)cc(OCC(=O)OC(C)(C)C)c3)cc(-c3c(OCCCc4cn(C[C]5[CH][CH][CH][CH]5)nn4)cc(CO)cc3OCC(=O)OC(C)(C)C)c2)cc(OCC(=O)OC(C)(C)C)c1. The van der Waals surface area contributed by atoms with Gasteiger partial charge in [-0.1, -0.05) is 109 Å². The highest BCUT2D eigenvalue weighted by Crippen LogP contribution is 2.44. The minimum absolute atomic E-state index is 0.0173. The van der Waals surface area contributed by atoms with E-state index >= 15 is 0 Å². The van der Waals surface area contributed by atoms with Gasteiger partial charge in [0.2, 0.25) is 0 Å². The van der Waals surface area contributed by atoms with Crippen LogP contribution in [0.15, 0.2) is 72.9 Å². The lowest BCUT2D eigenvalue weighted by atomic mass is 10.00. The molecule has 0 amide bonds. The van der Waals surface area contributed by atoms with Gasteiger partial charge in [-0.25, -0.2) is 14.4 Å². The van der Waals surface area contributed by atoms with Crippen LogP contribution in [0.1, 0.15) is 208 Å². The molecule has 1 heterocycles. The van der Waals surface area contributed by atoms with Gasteiger partial charge in [0.25, 0.3) is 0 Å². The number of hydrogen-bond acceptors (Lipinski definition) is 17. The fraction of sp³-hybridized carbons (Fsp3) is 0.553. The minimum Gasteiger partial charge on any atom is -0.493 e. The number of esters is 3. The van der Waals surface area contributed by atoms with Crippen LogP contribution in [0.4, 0.5) is 0 Å². The molecule has 515 valence electrons. The predicted molar refractivity (Wildman–Crippen MR) is 364 cm³/mol. The largest absolute Gasteiger partial charge is 0.493 e. The van der Waals surface area contributed by atoms with E-state index in [1.165, 1.54) is 64.2 Å². The quantitative estimate of drug-likeness (QED) is 0.0219. The average Bonchev–Trinajstić information content (AvgIpc) is 0.933. The second kappa shape index (κ2) is 39.6. The number of nitrogens with zero attached hydrogens (tertiary/aromatic N) is 3. The Bertz CT molecular complexity index is 2930. The van der Waals surface area contributed by atoms with Gasteiger partial charge < -0.3 is 57.2 Å². The predicted octanol–water partition coefficient (Wildman–Crippen LogP) is 16.2. The number of unbranched alkanes of at least 4 members (excludes halogenated alkanes) is 14. The Morgan fingerprint density at radius 3 is 1.27 bits per heavy atom. The van der Waals surface area contributed by atoms with E-state index in [-0.39, 0.29) is 45.4 Å². The Kier molecular flexibility index (Phi) is 31.9. The summed E-state index contributed by atoms with van der Waals surface area (Å²) < 4.78 is 70.0. The second-order valence-electron chi connectivity index (χ2n) is 26.9. The third-order valence-electron chi connectivity index (χ3n) is 14.5. The second-order valence-corrected chi connectivity index (χ2v) is 26.9. The van der Waals surface area contributed by atoms with Gasteiger partial charge >= 0.3 is 17.9 Å². The lowest BCUT2D eigenvalue weighted by molar-refractivity contribution is -0.158. The van der Waals surface area contributed by atoms with E-state index in [4.69, 9.17) is 52.1 Å². The number of aromatic nitrogens is 3. The average molecular weight is 1300 g/mol. The monoisotopic (exact) mass is 1300 g/mol. The van der Waals surface area contributed by atoms with Crippen molar-refractivity contribution in [1.82, 2.24) is 15.0 Å². The van der Waals surface area contributed by atoms with E-state index in [9.17, 15) is 19.5 Å². The van der Waals surface area contributed by atoms with Crippen LogP contribution in [-0.2, 0) is 61.4 Å². The maximum atomic E-state index is 13.4. The zero-order valence-corrected chi connectivity index (χ0v) is 58.0. The molecule has 18 heteroatoms. The van der Waals surface area contributed by atoms with Crippen LogP contribution >= 0.6 is 0 Å². The highest BCUT2D eigenvalue weighted by atomic mass is 16.6. The van der Waals surface area contributed by atoms with Gasteiger partial charge in [-0.3, -0.25) is 4.68 Å². The van der Waals surface area contributed by atoms with E-state index in [1.807, 2.05) is 60.8 Å². The number of aliphatic hydroxyl groups excluding tert-OH is 1. The highest BCUT2D eigenvalue weighted by Gasteiger charge is 2.24. The molecule has 4 aromatic carbocycles. The smallest absolute Gasteiger partial charge is 0.344 e. The van der Waals surface area contributed by atoms with Crippen LogP contribution in [0.5, 0.6) is 46.0 Å². The van der Waals surface area contributed by atoms with E-state index in [0.717, 1.165) is 50.1 Å². The Balaban J connectivity index is 1.36. The van der Waals surface area contributed by atoms with Crippen molar-refractivity contribution >= 4 is 17.9 Å². The molecule has 6 rings (SSSR count). The van der Waals surface area contributed by atoms with Gasteiger partial charge in [0.05, 0.1) is 37.7 Å². The van der Waals surface area contributed by atoms with Crippen LogP contribution in [0, 0.1) is 31.6 Å². The number of carbonyl (C=O) groups is 3. The number of carbonyl (C=O) groups excluding carboxylic acids is 3. The lowest BCUT2D eigenvalue weighted by Crippen LogP contribution is -2.27. The fourth-order valence-electron chi connectivity index (χ4n) is 10.3. The normalized spacial score (nSPS) is 12.7. The van der Waals surface area contributed by atoms with Crippen LogP contribution in [0.25, 0.3) is 11.1 Å². The zero-order valence-electron chi connectivity index (χ0n) is 58.0. The van der Waals surface area contributed by atoms with Crippen molar-refractivity contribution in [3.63, 3.8) is 0 Å². The van der Waals surface area contributed by atoms with Crippen molar-refractivity contribution in [3.05, 3.63) is 127 Å². The molecule has 0 bridgehead atoms. The number of aliphatic hydroxyl groups is 1. The number of benzene rings is 4. The molecule has 0 spiro atoms. The molecule has 18 nitrogen and oxygen atoms in total. The van der Waals surface area contributed by atoms with E-state index in [0.29, 0.717) is 101 Å². The molecule has 0 atom stereocenters. The van der Waals surface area contributed by atoms with Gasteiger partial charge in [-0.15, -0.1) is 5.10 Å². The van der Waals surface area contributed by atoms with Gasteiger partial charge in [-0.2, -0.15) is 0 Å². The summed E-state index contributed by atoms with van der Waals surface area (Å²) in [4.78, 5) is 39.2. The van der Waals surface area contributed by atoms with Crippen LogP contribution in [0.3, 0.4) is 0 Å². The molecule has 1 aliphatic carbocycles. The molecule has 5 radical (unpaired) electrons. The molecule has 1 N–H and O–H groups in total. The number of rotatable bonds is 44. The van der Waals surface area contributed by atoms with E-state index < -0.39 is 41.3 Å². The summed E-state index contributed by atoms with van der Waals surface area (Å²) >= 11 is 0. The summed E-state index contributed by atoms with van der Waals surface area (Å²) in [7, 11) is 0. The summed E-state index contributed by atoms with van der Waals surface area (Å²) in [6.07, 6.45) is 29.6. The van der Waals surface area contributed by atoms with E-state index in [1.54, 1.807) is 105 Å². The van der Waals surface area contributed by atoms with Crippen LogP contribution in [0.2, 0.25) is 0 Å². The first-order chi connectivity index (χ1) is 45.0. The van der Waals surface area contributed by atoms with Crippen LogP contribution in [-0.4, -0.2) is 94.5 Å². The first kappa shape index (κ1) is 75.8. The maximum Gasteiger partial charge on any atom is 0.344 e. The molecule has 94 heavy (non-hydrogen) atoms. The minimum atomic E-state index is -0.787. The first-order valence-electron chi connectivity index (χ1n) is 34.0. The van der Waals surface area contributed by atoms with Gasteiger partial charge in [0.1, 0.15) is 76.0 Å². The standard InChI is InChI=1S/C76H106N3O15/c1-12-14-16-18-20-22-24-28-34-84-62-37-58(39-64(45-62)89-53-70(81)92-74(3,4)5)51-87-66-43-60(44-67(47-66)88-52-59-38-63(85-35-29-25-23-21-19-17-15-13-2)46-65(40-59)90-54-71(82)93-75(6,7)8)73-68(41-57(50-80)42-69(73)91-55-72(83)94-76(9,10)11)86-36-30-33-61-49-79(78-77-61)48-56-31-26-27-32-56/h26-27,31-32,37-47,49,80H,12-25,28-30,33-36,48,50-55H2,1-11H3. The van der Waals surface area contributed by atoms with Gasteiger partial charge in [0, 0.05) is 36.9 Å². The number of aryl methyl sites for hydroxylation is 1. The Hall–Kier alpha value is -7.21. The molecule has 0 saturated heterocycles. The van der Waals surface area contributed by atoms with Crippen molar-refractivity contribution < 1.29 is 71.6 Å². The maximum absolute atomic E-state index is 13.4. The summed E-state index contributed by atoms with van der Waals surface area (Å²) in [6.45, 7) is 21.0. The third kappa shape index (κ3) is 30.5. The molecule has 5 aromatic rings. The summed E-state index contributed by atoms with van der Waals surface area (Å²) in [5.41, 5.74) is 1.43. The lowest BCUT2D eigenvalue weighted by Gasteiger charge is -2.22. The fourth-order valence-corrected chi connectivity index (χ4v) is 10.3. The molecular weight excluding hydrogens is 1190 g/mol. The number of hydrogen-bond donors (Lipinski definition) is 1. The van der Waals surface area contributed by atoms with Crippen LogP contribution < -0.4 is 37.9 Å². The van der Waals surface area contributed by atoms with Crippen molar-refractivity contribution in [1.29, 1.82) is 0 Å². The molecule has 1 saturated carbocycles. The Morgan fingerprint density at radius 2 is 0.830 bits per heavy atom. The van der Waals surface area contributed by atoms with Crippen molar-refractivity contribution in [3.8, 4) is 57.1 Å². The summed E-state index contributed by atoms with van der Waals surface area (Å²) in [5, 5.41) is 19.5. The summed E-state index contributed by atoms with van der Waals surface area (Å²) in [5.74, 6) is 2.74. The molecule has 1 fully saturated rings. The summed E-state index contributed by atoms with van der Waals surface area (Å²) in [6, 6.07) is 19.7. The van der Waals surface area contributed by atoms with Crippen molar-refractivity contribution in [2.45, 2.75) is 235 Å². The van der Waals surface area contributed by atoms with Gasteiger partial charge in [-0.05, 0) is 184 Å². The zero-order chi connectivity index (χ0) is 67.8. The molecule has 1 aromatic heterocycles. The Labute approximate surface area is 560 Å². The first-order valence-corrected chi connectivity index (χ1v) is 34.0. The van der Waals surface area contributed by atoms with Crippen molar-refractivity contribution in [2.75, 3.05) is 39.6 Å². The molecular formula is C76H106N3O15. The highest BCUT2D eigenvalue weighted by molar-refractivity contribution is 5.80. The topological polar surface area (TPSA) is 204 Å². The van der Waals surface area contributed by atoms with Gasteiger partial charge in [0.15, 0.2) is 19.8 Å².